The number of thiocarbonyl (C=S) groups is 1. The van der Waals surface area contributed by atoms with E-state index in [1.165, 1.54) is 42.8 Å². The third-order valence-corrected chi connectivity index (χ3v) is 14.3. The lowest BCUT2D eigenvalue weighted by molar-refractivity contribution is 1.18. The minimum Gasteiger partial charge on any atom is -0.248 e. The molecule has 6 aromatic rings. The molecular weight excluding hydrogens is 562 g/mol. The van der Waals surface area contributed by atoms with Gasteiger partial charge in [-0.15, -0.1) is 0 Å². The standard InChI is InChI=1S/C35H29NPS3/c1-39-36(40-2)35(38)33-29-22-12-14-24-31(29)34(32-25-15-13-23-30(32)33)37(26-16-6-3-7-17-26,27-18-8-4-9-19-27)28-20-10-5-11-21-28/h3-25H,1-2H3/q+1. The number of rotatable bonds is 7. The van der Waals surface area contributed by atoms with Gasteiger partial charge in [0.2, 0.25) is 0 Å². The summed E-state index contributed by atoms with van der Waals surface area (Å²) in [6, 6.07) is 51.1. The average molecular weight is 591 g/mol. The molecule has 0 amide bonds. The highest BCUT2D eigenvalue weighted by atomic mass is 32.2. The predicted octanol–water partition coefficient (Wildman–Crippen LogP) is 8.15. The Hall–Kier alpha value is -3.14. The van der Waals surface area contributed by atoms with Crippen LogP contribution in [0.2, 0.25) is 0 Å². The zero-order valence-corrected chi connectivity index (χ0v) is 25.7. The highest BCUT2D eigenvalue weighted by Gasteiger charge is 2.50. The van der Waals surface area contributed by atoms with Gasteiger partial charge < -0.3 is 0 Å². The van der Waals surface area contributed by atoms with Gasteiger partial charge in [-0.05, 0) is 71.1 Å². The molecule has 1 nitrogen and oxygen atoms in total. The number of nitrogens with zero attached hydrogens (tertiary/aromatic N) is 1. The first kappa shape index (κ1) is 27.1. The van der Waals surface area contributed by atoms with Gasteiger partial charge in [0.05, 0.1) is 0 Å². The highest BCUT2D eigenvalue weighted by Crippen LogP contribution is 2.57. The molecule has 0 spiro atoms. The molecule has 0 saturated heterocycles. The number of hydrogen-bond donors (Lipinski definition) is 0. The van der Waals surface area contributed by atoms with Crippen molar-refractivity contribution in [3.63, 3.8) is 0 Å². The first-order valence-corrected chi connectivity index (χ1v) is 17.7. The van der Waals surface area contributed by atoms with E-state index in [0.29, 0.717) is 0 Å². The van der Waals surface area contributed by atoms with Crippen molar-refractivity contribution in [1.82, 2.24) is 3.71 Å². The normalized spacial score (nSPS) is 11.6. The van der Waals surface area contributed by atoms with Crippen molar-refractivity contribution >= 4 is 91.1 Å². The van der Waals surface area contributed by atoms with Crippen LogP contribution >= 0.6 is 43.4 Å². The minimum atomic E-state index is -2.35. The Bertz CT molecular complexity index is 1630. The van der Waals surface area contributed by atoms with Crippen LogP contribution in [0.5, 0.6) is 0 Å². The maximum atomic E-state index is 6.21. The summed E-state index contributed by atoms with van der Waals surface area (Å²) in [5, 5.41) is 10.3. The summed E-state index contributed by atoms with van der Waals surface area (Å²) in [6.45, 7) is 0. The molecule has 0 aliphatic carbocycles. The van der Waals surface area contributed by atoms with Gasteiger partial charge in [-0.1, -0.05) is 115 Å². The topological polar surface area (TPSA) is 3.24 Å². The third kappa shape index (κ3) is 4.44. The van der Waals surface area contributed by atoms with Crippen LogP contribution in [0.3, 0.4) is 0 Å². The second-order valence-corrected chi connectivity index (χ2v) is 14.8. The van der Waals surface area contributed by atoms with Gasteiger partial charge in [0, 0.05) is 28.8 Å². The molecule has 0 N–H and O–H groups in total. The van der Waals surface area contributed by atoms with Crippen molar-refractivity contribution in [2.24, 2.45) is 0 Å². The van der Waals surface area contributed by atoms with Crippen molar-refractivity contribution in [2.75, 3.05) is 12.5 Å². The molecule has 0 atom stereocenters. The van der Waals surface area contributed by atoms with Gasteiger partial charge >= 0.3 is 0 Å². The van der Waals surface area contributed by atoms with E-state index in [0.717, 1.165) is 10.6 Å². The van der Waals surface area contributed by atoms with E-state index in [9.17, 15) is 0 Å². The lowest BCUT2D eigenvalue weighted by Crippen LogP contribution is -2.39. The van der Waals surface area contributed by atoms with E-state index >= 15 is 0 Å². The first-order valence-electron chi connectivity index (χ1n) is 13.1. The molecule has 0 bridgehead atoms. The van der Waals surface area contributed by atoms with Crippen LogP contribution in [-0.4, -0.2) is 21.2 Å². The fraction of sp³-hybridized carbons (Fsp3) is 0.0571. The summed E-state index contributed by atoms with van der Waals surface area (Å²) in [6.07, 6.45) is 4.16. The Labute approximate surface area is 251 Å². The van der Waals surface area contributed by atoms with E-state index in [1.807, 2.05) is 0 Å². The molecule has 0 aliphatic rings. The maximum absolute atomic E-state index is 6.21. The quantitative estimate of drug-likeness (QED) is 0.0799. The second kappa shape index (κ2) is 11.8. The second-order valence-electron chi connectivity index (χ2n) is 9.42. The average Bonchev–Trinajstić information content (AvgIpc) is 3.03. The van der Waals surface area contributed by atoms with Crippen LogP contribution in [-0.2, 0) is 0 Å². The lowest BCUT2D eigenvalue weighted by atomic mass is 9.96. The summed E-state index contributed by atoms with van der Waals surface area (Å²) in [7, 11) is -2.35. The molecule has 0 unspecified atom stereocenters. The summed E-state index contributed by atoms with van der Waals surface area (Å²) in [5.74, 6) is 0. The lowest BCUT2D eigenvalue weighted by Gasteiger charge is -2.31. The summed E-state index contributed by atoms with van der Waals surface area (Å²) >= 11 is 9.51. The highest BCUT2D eigenvalue weighted by molar-refractivity contribution is 8.13. The van der Waals surface area contributed by atoms with Crippen LogP contribution in [0.1, 0.15) is 5.56 Å². The zero-order chi connectivity index (χ0) is 27.5. The molecule has 5 heteroatoms. The minimum absolute atomic E-state index is 0.849. The summed E-state index contributed by atoms with van der Waals surface area (Å²) in [5.41, 5.74) is 1.13. The van der Waals surface area contributed by atoms with Gasteiger partial charge in [0.1, 0.15) is 33.5 Å². The molecule has 0 heterocycles. The third-order valence-electron chi connectivity index (χ3n) is 7.38. The van der Waals surface area contributed by atoms with Gasteiger partial charge in [-0.3, -0.25) is 0 Å². The number of benzene rings is 6. The molecule has 0 saturated carbocycles. The first-order chi connectivity index (χ1) is 19.7. The van der Waals surface area contributed by atoms with Gasteiger partial charge in [0.25, 0.3) is 0 Å². The SMILES string of the molecule is CSN(SC)C(=S)c1c2ccccc2c([P+](c2ccccc2)(c2ccccc2)c2ccccc2)c2ccccc12. The Morgan fingerprint density at radius 3 is 1.18 bits per heavy atom. The van der Waals surface area contributed by atoms with Crippen molar-refractivity contribution < 1.29 is 0 Å². The van der Waals surface area contributed by atoms with Crippen LogP contribution in [0, 0.1) is 0 Å². The van der Waals surface area contributed by atoms with Crippen LogP contribution < -0.4 is 21.2 Å². The fourth-order valence-corrected chi connectivity index (χ4v) is 12.2. The van der Waals surface area contributed by atoms with E-state index < -0.39 is 7.26 Å². The van der Waals surface area contributed by atoms with Crippen LogP contribution in [0.15, 0.2) is 140 Å². The molecular formula is C35H29NPS3+. The van der Waals surface area contributed by atoms with E-state index in [1.54, 1.807) is 23.9 Å². The van der Waals surface area contributed by atoms with Gasteiger partial charge in [0.15, 0.2) is 0 Å². The molecule has 0 fully saturated rings. The largest absolute Gasteiger partial charge is 0.248 e. The van der Waals surface area contributed by atoms with Crippen molar-refractivity contribution in [2.45, 2.75) is 0 Å². The smallest absolute Gasteiger partial charge is 0.145 e. The predicted molar refractivity (Wildman–Crippen MR) is 187 cm³/mol. The van der Waals surface area contributed by atoms with Gasteiger partial charge in [-0.2, -0.15) is 0 Å². The Morgan fingerprint density at radius 2 is 0.825 bits per heavy atom. The van der Waals surface area contributed by atoms with E-state index in [2.05, 4.69) is 156 Å². The van der Waals surface area contributed by atoms with Crippen molar-refractivity contribution in [3.8, 4) is 0 Å². The molecule has 40 heavy (non-hydrogen) atoms. The molecule has 196 valence electrons. The number of fused-ring (bicyclic) bond motifs is 2. The Kier molecular flexibility index (Phi) is 7.96. The van der Waals surface area contributed by atoms with Gasteiger partial charge in [-0.25, -0.2) is 3.71 Å². The van der Waals surface area contributed by atoms with E-state index in [4.69, 9.17) is 12.2 Å². The zero-order valence-electron chi connectivity index (χ0n) is 22.4. The Balaban J connectivity index is 1.88. The maximum Gasteiger partial charge on any atom is 0.145 e. The summed E-state index contributed by atoms with van der Waals surface area (Å²) in [4.78, 5) is 0.849. The summed E-state index contributed by atoms with van der Waals surface area (Å²) < 4.78 is 2.14. The molecule has 6 rings (SSSR count). The van der Waals surface area contributed by atoms with Crippen molar-refractivity contribution in [1.29, 1.82) is 0 Å². The molecule has 6 aromatic carbocycles. The Morgan fingerprint density at radius 1 is 0.500 bits per heavy atom. The number of hydrogen-bond acceptors (Lipinski definition) is 3. The molecule has 0 radical (unpaired) electrons. The fourth-order valence-electron chi connectivity index (χ4n) is 5.82. The van der Waals surface area contributed by atoms with E-state index in [-0.39, 0.29) is 0 Å². The monoisotopic (exact) mass is 590 g/mol. The van der Waals surface area contributed by atoms with Crippen LogP contribution in [0.25, 0.3) is 21.5 Å². The van der Waals surface area contributed by atoms with Crippen molar-refractivity contribution in [3.05, 3.63) is 145 Å². The molecule has 0 aromatic heterocycles. The molecule has 0 aliphatic heterocycles. The van der Waals surface area contributed by atoms with Crippen LogP contribution in [0.4, 0.5) is 0 Å².